The number of amides is 2. The number of nitrogens with one attached hydrogen (secondary N) is 2. The molecule has 1 aromatic carbocycles. The van der Waals surface area contributed by atoms with Crippen LogP contribution in [0, 0.1) is 0 Å². The van der Waals surface area contributed by atoms with Gasteiger partial charge in [0, 0.05) is 31.5 Å². The molecule has 1 aromatic heterocycles. The molecule has 2 fully saturated rings. The number of sulfone groups is 1. The van der Waals surface area contributed by atoms with Gasteiger partial charge in [0.1, 0.15) is 5.82 Å². The summed E-state index contributed by atoms with van der Waals surface area (Å²) in [5, 5.41) is 5.24. The number of nitrogens with zero attached hydrogens (tertiary/aromatic N) is 2. The van der Waals surface area contributed by atoms with Gasteiger partial charge in [0.05, 0.1) is 23.4 Å². The third-order valence-corrected chi connectivity index (χ3v) is 8.02. The topological polar surface area (TPSA) is 101 Å². The molecule has 1 saturated heterocycles. The molecule has 2 amide bonds. The molecule has 2 N–H and O–H groups in total. The molecule has 166 valence electrons. The van der Waals surface area contributed by atoms with Gasteiger partial charge in [-0.05, 0) is 48.7 Å². The van der Waals surface area contributed by atoms with E-state index in [9.17, 15) is 13.2 Å². The number of benzene rings is 1. The molecular weight excluding hydrogens is 416 g/mol. The Labute approximate surface area is 182 Å². The van der Waals surface area contributed by atoms with Gasteiger partial charge in [0.15, 0.2) is 9.84 Å². The van der Waals surface area contributed by atoms with Crippen LogP contribution in [0.3, 0.4) is 0 Å². The van der Waals surface area contributed by atoms with Crippen LogP contribution in [0.5, 0.6) is 0 Å². The predicted molar refractivity (Wildman–Crippen MR) is 119 cm³/mol. The van der Waals surface area contributed by atoms with Gasteiger partial charge < -0.3 is 20.3 Å². The van der Waals surface area contributed by atoms with E-state index in [1.165, 1.54) is 6.07 Å². The van der Waals surface area contributed by atoms with Gasteiger partial charge in [-0.25, -0.2) is 18.2 Å². The summed E-state index contributed by atoms with van der Waals surface area (Å²) in [7, 11) is -3.36. The first-order chi connectivity index (χ1) is 15.0. The van der Waals surface area contributed by atoms with Crippen molar-refractivity contribution in [2.75, 3.05) is 36.5 Å². The molecule has 1 saturated carbocycles. The largest absolute Gasteiger partial charge is 0.378 e. The number of aromatic nitrogens is 1. The second kappa shape index (κ2) is 9.65. The summed E-state index contributed by atoms with van der Waals surface area (Å²) >= 11 is 0. The number of urea groups is 1. The molecule has 0 bridgehead atoms. The van der Waals surface area contributed by atoms with E-state index in [4.69, 9.17) is 4.74 Å². The zero-order valence-electron chi connectivity index (χ0n) is 17.4. The highest BCUT2D eigenvalue weighted by Gasteiger charge is 2.30. The van der Waals surface area contributed by atoms with Crippen molar-refractivity contribution in [1.82, 2.24) is 10.3 Å². The number of morpholine rings is 1. The Bertz CT molecular complexity index is 1020. The van der Waals surface area contributed by atoms with E-state index in [-0.39, 0.29) is 16.2 Å². The minimum Gasteiger partial charge on any atom is -0.378 e. The molecule has 0 spiro atoms. The van der Waals surface area contributed by atoms with Crippen LogP contribution in [0.25, 0.3) is 0 Å². The number of carbonyl (C=O) groups excluding carboxylic acids is 1. The maximum atomic E-state index is 12.8. The van der Waals surface area contributed by atoms with E-state index in [0.29, 0.717) is 38.3 Å². The maximum Gasteiger partial charge on any atom is 0.319 e. The van der Waals surface area contributed by atoms with Gasteiger partial charge in [0.25, 0.3) is 0 Å². The van der Waals surface area contributed by atoms with E-state index in [0.717, 1.165) is 37.3 Å². The van der Waals surface area contributed by atoms with Crippen LogP contribution < -0.4 is 15.5 Å². The lowest BCUT2D eigenvalue weighted by Crippen LogP contribution is -2.36. The second-order valence-corrected chi connectivity index (χ2v) is 10.1. The van der Waals surface area contributed by atoms with Crippen molar-refractivity contribution in [3.8, 4) is 0 Å². The molecule has 1 aliphatic heterocycles. The predicted octanol–water partition coefficient (Wildman–Crippen LogP) is 2.96. The summed E-state index contributed by atoms with van der Waals surface area (Å²) in [6.45, 7) is 3.30. The number of carbonyl (C=O) groups is 1. The lowest BCUT2D eigenvalue weighted by Gasteiger charge is -2.28. The highest BCUT2D eigenvalue weighted by atomic mass is 32.2. The molecule has 4 rings (SSSR count). The van der Waals surface area contributed by atoms with Crippen molar-refractivity contribution in [3.63, 3.8) is 0 Å². The van der Waals surface area contributed by atoms with Crippen molar-refractivity contribution >= 4 is 27.4 Å². The highest BCUT2D eigenvalue weighted by Crippen LogP contribution is 2.30. The quantitative estimate of drug-likeness (QED) is 0.711. The summed E-state index contributed by atoms with van der Waals surface area (Å²) < 4.78 is 31.0. The first-order valence-electron chi connectivity index (χ1n) is 10.7. The zero-order valence-corrected chi connectivity index (χ0v) is 18.2. The summed E-state index contributed by atoms with van der Waals surface area (Å²) in [6.07, 6.45) is 5.05. The normalized spacial score (nSPS) is 17.5. The molecule has 0 unspecified atom stereocenters. The van der Waals surface area contributed by atoms with Crippen LogP contribution >= 0.6 is 0 Å². The average Bonchev–Trinajstić information content (AvgIpc) is 3.35. The number of rotatable bonds is 6. The van der Waals surface area contributed by atoms with Gasteiger partial charge in [-0.2, -0.15) is 0 Å². The molecule has 0 radical (unpaired) electrons. The zero-order chi connectivity index (χ0) is 21.7. The molecule has 9 heteroatoms. The fourth-order valence-corrected chi connectivity index (χ4v) is 5.93. The molecule has 0 atom stereocenters. The Morgan fingerprint density at radius 1 is 1.13 bits per heavy atom. The van der Waals surface area contributed by atoms with Crippen molar-refractivity contribution < 1.29 is 17.9 Å². The van der Waals surface area contributed by atoms with Gasteiger partial charge in [-0.3, -0.25) is 0 Å². The molecule has 1 aliphatic carbocycles. The van der Waals surface area contributed by atoms with Gasteiger partial charge >= 0.3 is 6.03 Å². The van der Waals surface area contributed by atoms with Crippen LogP contribution in [-0.4, -0.2) is 51.0 Å². The van der Waals surface area contributed by atoms with Crippen LogP contribution in [0.4, 0.5) is 16.3 Å². The Hall–Kier alpha value is -2.65. The van der Waals surface area contributed by atoms with Gasteiger partial charge in [-0.1, -0.05) is 18.9 Å². The molecule has 31 heavy (non-hydrogen) atoms. The van der Waals surface area contributed by atoms with Crippen molar-refractivity contribution in [3.05, 3.63) is 48.2 Å². The Kier molecular flexibility index (Phi) is 6.72. The van der Waals surface area contributed by atoms with Crippen LogP contribution in [0.1, 0.15) is 31.2 Å². The number of pyridine rings is 1. The van der Waals surface area contributed by atoms with Crippen molar-refractivity contribution in [2.24, 2.45) is 0 Å². The molecule has 2 aromatic rings. The number of hydrogen-bond acceptors (Lipinski definition) is 6. The highest BCUT2D eigenvalue weighted by molar-refractivity contribution is 7.92. The SMILES string of the molecule is O=C(NCc1ccnc(N2CCOCC2)c1)Nc1cccc(S(=O)(=O)C2CCCC2)c1. The third-order valence-electron chi connectivity index (χ3n) is 5.76. The Balaban J connectivity index is 1.35. The van der Waals surface area contributed by atoms with E-state index < -0.39 is 9.84 Å². The van der Waals surface area contributed by atoms with Crippen LogP contribution in [0.2, 0.25) is 0 Å². The second-order valence-electron chi connectivity index (χ2n) is 7.91. The molecular formula is C22H28N4O4S. The smallest absolute Gasteiger partial charge is 0.319 e. The molecule has 2 aliphatic rings. The van der Waals surface area contributed by atoms with Gasteiger partial charge in [0.2, 0.25) is 0 Å². The number of hydrogen-bond donors (Lipinski definition) is 2. The summed E-state index contributed by atoms with van der Waals surface area (Å²) in [6, 6.07) is 9.92. The minimum absolute atomic E-state index is 0.265. The number of ether oxygens (including phenoxy) is 1. The fourth-order valence-electron chi connectivity index (χ4n) is 4.04. The standard InChI is InChI=1S/C22H28N4O4S/c27-22(24-16-17-8-9-23-21(14-17)26-10-12-30-13-11-26)25-18-4-3-7-20(15-18)31(28,29)19-5-1-2-6-19/h3-4,7-9,14-15,19H,1-2,5-6,10-13,16H2,(H2,24,25,27). The minimum atomic E-state index is -3.36. The third kappa shape index (κ3) is 5.34. The summed E-state index contributed by atoms with van der Waals surface area (Å²) in [5.41, 5.74) is 1.39. The number of anilines is 2. The summed E-state index contributed by atoms with van der Waals surface area (Å²) in [5.74, 6) is 0.868. The summed E-state index contributed by atoms with van der Waals surface area (Å²) in [4.78, 5) is 19.2. The van der Waals surface area contributed by atoms with E-state index in [2.05, 4.69) is 20.5 Å². The van der Waals surface area contributed by atoms with E-state index in [1.54, 1.807) is 24.4 Å². The van der Waals surface area contributed by atoms with E-state index >= 15 is 0 Å². The lowest BCUT2D eigenvalue weighted by molar-refractivity contribution is 0.122. The van der Waals surface area contributed by atoms with Crippen molar-refractivity contribution in [1.29, 1.82) is 0 Å². The average molecular weight is 445 g/mol. The van der Waals surface area contributed by atoms with Gasteiger partial charge in [-0.15, -0.1) is 0 Å². The maximum absolute atomic E-state index is 12.8. The Morgan fingerprint density at radius 3 is 2.68 bits per heavy atom. The molecule has 2 heterocycles. The van der Waals surface area contributed by atoms with Crippen LogP contribution in [-0.2, 0) is 21.1 Å². The first-order valence-corrected chi connectivity index (χ1v) is 12.2. The lowest BCUT2D eigenvalue weighted by atomic mass is 10.2. The monoisotopic (exact) mass is 444 g/mol. The van der Waals surface area contributed by atoms with Crippen molar-refractivity contribution in [2.45, 2.75) is 42.4 Å². The van der Waals surface area contributed by atoms with Crippen LogP contribution in [0.15, 0.2) is 47.5 Å². The Morgan fingerprint density at radius 2 is 1.90 bits per heavy atom. The fraction of sp³-hybridized carbons (Fsp3) is 0.455. The van der Waals surface area contributed by atoms with E-state index in [1.807, 2.05) is 12.1 Å². The molecule has 8 nitrogen and oxygen atoms in total. The first kappa shape index (κ1) is 21.6.